The fourth-order valence-electron chi connectivity index (χ4n) is 5.15. The van der Waals surface area contributed by atoms with E-state index in [9.17, 15) is 23.8 Å². The Kier molecular flexibility index (Phi) is 34.1. The summed E-state index contributed by atoms with van der Waals surface area (Å²) in [6.07, 6.45) is 36.4. The lowest BCUT2D eigenvalue weighted by atomic mass is 10.1. The van der Waals surface area contributed by atoms with E-state index in [4.69, 9.17) is 24.8 Å². The first-order valence-corrected chi connectivity index (χ1v) is 21.5. The van der Waals surface area contributed by atoms with Gasteiger partial charge in [-0.25, -0.2) is 4.57 Å². The molecule has 3 unspecified atom stereocenters. The van der Waals surface area contributed by atoms with E-state index in [2.05, 4.69) is 54.8 Å². The fourth-order valence-corrected chi connectivity index (χ4v) is 5.92. The highest BCUT2D eigenvalue weighted by Crippen LogP contribution is 2.43. The van der Waals surface area contributed by atoms with E-state index in [-0.39, 0.29) is 19.4 Å². The van der Waals surface area contributed by atoms with Gasteiger partial charge in [0.05, 0.1) is 13.2 Å². The number of hydrogen-bond acceptors (Lipinski definition) is 9. The second-order valence-corrected chi connectivity index (χ2v) is 14.9. The summed E-state index contributed by atoms with van der Waals surface area (Å²) >= 11 is 0. The lowest BCUT2D eigenvalue weighted by Gasteiger charge is -2.20. The maximum absolute atomic E-state index is 12.6. The zero-order valence-corrected chi connectivity index (χ0v) is 33.3. The maximum atomic E-state index is 12.6. The van der Waals surface area contributed by atoms with Crippen LogP contribution in [0.1, 0.15) is 168 Å². The van der Waals surface area contributed by atoms with Crippen LogP contribution in [0.4, 0.5) is 0 Å². The van der Waals surface area contributed by atoms with Crippen molar-refractivity contribution < 1.29 is 47.5 Å². The SMILES string of the molecule is CCCCCC=CCC=CCCCCCCCC(=O)OCC(COP(=O)(O)OCC(N)C(=O)O)OC(=O)CCCCCCCC=CCCCCCC. The number of ether oxygens (including phenoxy) is 2. The highest BCUT2D eigenvalue weighted by atomic mass is 31.2. The first-order valence-electron chi connectivity index (χ1n) is 20.0. The van der Waals surface area contributed by atoms with Gasteiger partial charge >= 0.3 is 25.7 Å². The zero-order chi connectivity index (χ0) is 38.5. The number of esters is 2. The van der Waals surface area contributed by atoms with Gasteiger partial charge in [0.25, 0.3) is 0 Å². The summed E-state index contributed by atoms with van der Waals surface area (Å²) < 4.78 is 32.6. The number of rotatable bonds is 37. The third-order valence-corrected chi connectivity index (χ3v) is 9.31. The number of allylic oxidation sites excluding steroid dienone is 6. The minimum atomic E-state index is -4.72. The molecule has 0 aromatic carbocycles. The molecule has 0 fully saturated rings. The minimum absolute atomic E-state index is 0.148. The van der Waals surface area contributed by atoms with Crippen LogP contribution < -0.4 is 5.73 Å². The Bertz CT molecular complexity index is 1030. The van der Waals surface area contributed by atoms with Gasteiger partial charge in [-0.15, -0.1) is 0 Å². The molecule has 0 aliphatic carbocycles. The van der Waals surface area contributed by atoms with Gasteiger partial charge in [0.15, 0.2) is 6.10 Å². The number of hydrogen-bond donors (Lipinski definition) is 3. The highest BCUT2D eigenvalue weighted by molar-refractivity contribution is 7.47. The van der Waals surface area contributed by atoms with Crippen LogP contribution >= 0.6 is 7.82 Å². The quantitative estimate of drug-likeness (QED) is 0.0238. The Morgan fingerprint density at radius 1 is 0.596 bits per heavy atom. The van der Waals surface area contributed by atoms with Crippen molar-refractivity contribution in [2.45, 2.75) is 180 Å². The molecular weight excluding hydrogens is 685 g/mol. The zero-order valence-electron chi connectivity index (χ0n) is 32.4. The number of unbranched alkanes of at least 4 members (excludes halogenated alkanes) is 17. The summed E-state index contributed by atoms with van der Waals surface area (Å²) in [6, 6.07) is -1.52. The van der Waals surface area contributed by atoms with Crippen molar-refractivity contribution in [3.05, 3.63) is 36.5 Å². The van der Waals surface area contributed by atoms with Crippen molar-refractivity contribution in [3.63, 3.8) is 0 Å². The van der Waals surface area contributed by atoms with E-state index in [0.717, 1.165) is 83.5 Å². The Morgan fingerprint density at radius 2 is 1.02 bits per heavy atom. The smallest absolute Gasteiger partial charge is 0.472 e. The van der Waals surface area contributed by atoms with Crippen LogP contribution in [-0.2, 0) is 37.5 Å². The molecular formula is C40H72NO10P. The van der Waals surface area contributed by atoms with Crippen LogP contribution in [-0.4, -0.2) is 59.9 Å². The molecule has 0 aromatic heterocycles. The molecule has 0 aliphatic rings. The Hall–Kier alpha value is -2.30. The highest BCUT2D eigenvalue weighted by Gasteiger charge is 2.28. The van der Waals surface area contributed by atoms with E-state index in [1.807, 2.05) is 0 Å². The number of carboxylic acid groups (broad SMARTS) is 1. The lowest BCUT2D eigenvalue weighted by molar-refractivity contribution is -0.161. The van der Waals surface area contributed by atoms with Crippen molar-refractivity contribution in [1.82, 2.24) is 0 Å². The van der Waals surface area contributed by atoms with E-state index in [1.165, 1.54) is 44.9 Å². The van der Waals surface area contributed by atoms with E-state index in [1.54, 1.807) is 0 Å². The molecule has 0 rings (SSSR count). The summed E-state index contributed by atoms with van der Waals surface area (Å²) in [4.78, 5) is 45.8. The molecule has 0 bridgehead atoms. The number of carboxylic acids is 1. The second kappa shape index (κ2) is 35.7. The molecule has 0 amide bonds. The molecule has 302 valence electrons. The maximum Gasteiger partial charge on any atom is 0.472 e. The topological polar surface area (TPSA) is 172 Å². The second-order valence-electron chi connectivity index (χ2n) is 13.4. The molecule has 0 spiro atoms. The molecule has 4 N–H and O–H groups in total. The first kappa shape index (κ1) is 49.7. The van der Waals surface area contributed by atoms with E-state index < -0.39 is 51.1 Å². The first-order chi connectivity index (χ1) is 25.1. The number of carbonyl (C=O) groups is 3. The fraction of sp³-hybridized carbons (Fsp3) is 0.775. The summed E-state index contributed by atoms with van der Waals surface area (Å²) in [5.74, 6) is -2.41. The minimum Gasteiger partial charge on any atom is -0.480 e. The summed E-state index contributed by atoms with van der Waals surface area (Å²) in [6.45, 7) is 2.72. The number of phosphoric ester groups is 1. The molecule has 0 heterocycles. The Morgan fingerprint density at radius 3 is 1.56 bits per heavy atom. The molecule has 0 saturated carbocycles. The molecule has 0 aliphatic heterocycles. The largest absolute Gasteiger partial charge is 0.480 e. The normalized spacial score (nSPS) is 14.2. The monoisotopic (exact) mass is 757 g/mol. The molecule has 0 saturated heterocycles. The van der Waals surface area contributed by atoms with Gasteiger partial charge in [-0.05, 0) is 70.6 Å². The number of aliphatic carboxylic acids is 1. The van der Waals surface area contributed by atoms with Gasteiger partial charge in [0.2, 0.25) is 0 Å². The summed E-state index contributed by atoms with van der Waals surface area (Å²) in [5.41, 5.74) is 5.32. The average Bonchev–Trinajstić information content (AvgIpc) is 3.12. The summed E-state index contributed by atoms with van der Waals surface area (Å²) in [7, 11) is -4.72. The molecule has 12 heteroatoms. The van der Waals surface area contributed by atoms with Crippen molar-refractivity contribution in [1.29, 1.82) is 0 Å². The summed E-state index contributed by atoms with van der Waals surface area (Å²) in [5, 5.41) is 8.86. The third kappa shape index (κ3) is 34.8. The van der Waals surface area contributed by atoms with E-state index in [0.29, 0.717) is 12.8 Å². The van der Waals surface area contributed by atoms with Crippen molar-refractivity contribution in [3.8, 4) is 0 Å². The van der Waals surface area contributed by atoms with Crippen LogP contribution in [0.5, 0.6) is 0 Å². The number of carbonyl (C=O) groups excluding carboxylic acids is 2. The van der Waals surface area contributed by atoms with Crippen molar-refractivity contribution in [2.24, 2.45) is 5.73 Å². The van der Waals surface area contributed by atoms with Crippen LogP contribution in [0.25, 0.3) is 0 Å². The standard InChI is InChI=1S/C40H72NO10P/c1-3-5-7-9-11-13-15-17-18-20-21-23-25-27-29-31-38(42)48-33-36(34-49-52(46,47)50-35-37(41)40(44)45)51-39(43)32-30-28-26-24-22-19-16-14-12-10-8-6-4-2/h11,13-14,16-18,36-37H,3-10,12,15,19-35,41H2,1-2H3,(H,44,45)(H,46,47). The lowest BCUT2D eigenvalue weighted by Crippen LogP contribution is -2.34. The van der Waals surface area contributed by atoms with Gasteiger partial charge in [0.1, 0.15) is 12.6 Å². The van der Waals surface area contributed by atoms with Crippen LogP contribution in [0.3, 0.4) is 0 Å². The van der Waals surface area contributed by atoms with Crippen molar-refractivity contribution in [2.75, 3.05) is 19.8 Å². The Balaban J connectivity index is 4.45. The van der Waals surface area contributed by atoms with Gasteiger partial charge in [-0.3, -0.25) is 23.4 Å². The average molecular weight is 758 g/mol. The molecule has 3 atom stereocenters. The Labute approximate surface area is 314 Å². The van der Waals surface area contributed by atoms with Gasteiger partial charge in [-0.2, -0.15) is 0 Å². The predicted molar refractivity (Wildman–Crippen MR) is 208 cm³/mol. The predicted octanol–water partition coefficient (Wildman–Crippen LogP) is 10.1. The van der Waals surface area contributed by atoms with E-state index >= 15 is 0 Å². The number of nitrogens with two attached hydrogens (primary N) is 1. The third-order valence-electron chi connectivity index (χ3n) is 8.36. The molecule has 52 heavy (non-hydrogen) atoms. The van der Waals surface area contributed by atoms with Crippen LogP contribution in [0.2, 0.25) is 0 Å². The van der Waals surface area contributed by atoms with Crippen LogP contribution in [0, 0.1) is 0 Å². The molecule has 0 radical (unpaired) electrons. The van der Waals surface area contributed by atoms with Gasteiger partial charge in [-0.1, -0.05) is 121 Å². The van der Waals surface area contributed by atoms with Gasteiger partial charge in [0, 0.05) is 12.8 Å². The van der Waals surface area contributed by atoms with Crippen molar-refractivity contribution >= 4 is 25.7 Å². The number of phosphoric acid groups is 1. The van der Waals surface area contributed by atoms with Crippen LogP contribution in [0.15, 0.2) is 36.5 Å². The molecule has 0 aromatic rings. The van der Waals surface area contributed by atoms with Gasteiger partial charge < -0.3 is 25.2 Å². The molecule has 11 nitrogen and oxygen atoms in total.